The molecular formula is C27H40N2O3. The first-order valence-corrected chi connectivity index (χ1v) is 12.3. The van der Waals surface area contributed by atoms with Crippen LogP contribution in [0.2, 0.25) is 0 Å². The number of aromatic hydroxyl groups is 3. The second kappa shape index (κ2) is 12.7. The van der Waals surface area contributed by atoms with Gasteiger partial charge in [0.05, 0.1) is 0 Å². The molecule has 0 unspecified atom stereocenters. The van der Waals surface area contributed by atoms with E-state index in [-0.39, 0.29) is 11.5 Å². The summed E-state index contributed by atoms with van der Waals surface area (Å²) in [7, 11) is 0. The van der Waals surface area contributed by atoms with Crippen molar-refractivity contribution in [3.05, 3.63) is 53.1 Å². The first-order valence-electron chi connectivity index (χ1n) is 12.3. The van der Waals surface area contributed by atoms with E-state index in [2.05, 4.69) is 17.1 Å². The van der Waals surface area contributed by atoms with Gasteiger partial charge in [-0.15, -0.1) is 0 Å². The fourth-order valence-electron chi connectivity index (χ4n) is 4.78. The Morgan fingerprint density at radius 2 is 1.59 bits per heavy atom. The number of unbranched alkanes of at least 4 members (excludes halogenated alkanes) is 3. The van der Waals surface area contributed by atoms with Crippen molar-refractivity contribution in [1.29, 1.82) is 0 Å². The zero-order valence-corrected chi connectivity index (χ0v) is 19.5. The summed E-state index contributed by atoms with van der Waals surface area (Å²) in [5.74, 6) is 0.331. The van der Waals surface area contributed by atoms with Crippen molar-refractivity contribution >= 4 is 0 Å². The molecule has 0 amide bonds. The van der Waals surface area contributed by atoms with E-state index in [9.17, 15) is 15.3 Å². The molecule has 1 atom stereocenters. The first kappa shape index (κ1) is 24.4. The van der Waals surface area contributed by atoms with Gasteiger partial charge in [0.15, 0.2) is 11.5 Å². The van der Waals surface area contributed by atoms with E-state index < -0.39 is 0 Å². The first-order chi connectivity index (χ1) is 15.6. The van der Waals surface area contributed by atoms with Crippen molar-refractivity contribution in [2.75, 3.05) is 26.2 Å². The number of phenolic OH excluding ortho intramolecular Hbond substituents is 3. The van der Waals surface area contributed by atoms with E-state index in [1.165, 1.54) is 42.4 Å². The number of hydrogen-bond donors (Lipinski definition) is 4. The van der Waals surface area contributed by atoms with Crippen molar-refractivity contribution in [3.8, 4) is 17.2 Å². The van der Waals surface area contributed by atoms with Crippen LogP contribution in [-0.4, -0.2) is 52.4 Å². The predicted molar refractivity (Wildman–Crippen MR) is 131 cm³/mol. The van der Waals surface area contributed by atoms with Crippen LogP contribution in [0.15, 0.2) is 36.4 Å². The quantitative estimate of drug-likeness (QED) is 0.267. The Bertz CT molecular complexity index is 822. The number of nitrogens with one attached hydrogen (secondary N) is 1. The summed E-state index contributed by atoms with van der Waals surface area (Å²) in [5, 5.41) is 32.5. The molecule has 0 aromatic heterocycles. The molecular weight excluding hydrogens is 400 g/mol. The monoisotopic (exact) mass is 440 g/mol. The largest absolute Gasteiger partial charge is 0.508 e. The maximum atomic E-state index is 9.87. The van der Waals surface area contributed by atoms with Gasteiger partial charge in [0.25, 0.3) is 0 Å². The maximum Gasteiger partial charge on any atom is 0.157 e. The summed E-state index contributed by atoms with van der Waals surface area (Å²) in [4.78, 5) is 2.64. The number of nitrogens with zero attached hydrogens (tertiary/aromatic N) is 1. The maximum absolute atomic E-state index is 9.87. The van der Waals surface area contributed by atoms with Gasteiger partial charge in [0.1, 0.15) is 5.75 Å². The lowest BCUT2D eigenvalue weighted by Crippen LogP contribution is -2.40. The molecule has 1 aliphatic carbocycles. The molecule has 0 spiro atoms. The molecule has 0 heterocycles. The van der Waals surface area contributed by atoms with E-state index in [0.29, 0.717) is 11.8 Å². The zero-order chi connectivity index (χ0) is 22.8. The average Bonchev–Trinajstić information content (AvgIpc) is 2.79. The highest BCUT2D eigenvalue weighted by atomic mass is 16.3. The van der Waals surface area contributed by atoms with Gasteiger partial charge >= 0.3 is 0 Å². The Hall–Kier alpha value is -2.24. The summed E-state index contributed by atoms with van der Waals surface area (Å²) < 4.78 is 0. The highest BCUT2D eigenvalue weighted by Gasteiger charge is 2.24. The van der Waals surface area contributed by atoms with Gasteiger partial charge in [-0.1, -0.05) is 31.9 Å². The molecule has 1 aliphatic rings. The molecule has 4 N–H and O–H groups in total. The lowest BCUT2D eigenvalue weighted by atomic mass is 9.87. The lowest BCUT2D eigenvalue weighted by Gasteiger charge is -2.35. The third kappa shape index (κ3) is 7.42. The molecule has 0 radical (unpaired) electrons. The van der Waals surface area contributed by atoms with Crippen LogP contribution in [0.25, 0.3) is 0 Å². The van der Waals surface area contributed by atoms with Crippen molar-refractivity contribution in [2.45, 2.75) is 70.8 Å². The number of hydrogen-bond acceptors (Lipinski definition) is 5. The minimum Gasteiger partial charge on any atom is -0.508 e. The minimum atomic E-state index is 0.00228. The Morgan fingerprint density at radius 3 is 2.34 bits per heavy atom. The highest BCUT2D eigenvalue weighted by molar-refractivity contribution is 5.46. The average molecular weight is 441 g/mol. The summed E-state index contributed by atoms with van der Waals surface area (Å²) in [6, 6.07) is 11.5. The molecule has 0 saturated carbocycles. The third-order valence-corrected chi connectivity index (χ3v) is 6.60. The van der Waals surface area contributed by atoms with Gasteiger partial charge in [-0.05, 0) is 112 Å². The van der Waals surface area contributed by atoms with Crippen LogP contribution in [0.5, 0.6) is 17.2 Å². The zero-order valence-electron chi connectivity index (χ0n) is 19.5. The van der Waals surface area contributed by atoms with Gasteiger partial charge in [-0.25, -0.2) is 0 Å². The van der Waals surface area contributed by atoms with Crippen LogP contribution in [0.3, 0.4) is 0 Å². The second-order valence-corrected chi connectivity index (χ2v) is 9.12. The van der Waals surface area contributed by atoms with Gasteiger partial charge < -0.3 is 25.5 Å². The van der Waals surface area contributed by atoms with E-state index in [1.807, 2.05) is 12.1 Å². The molecule has 0 bridgehead atoms. The molecule has 0 aliphatic heterocycles. The summed E-state index contributed by atoms with van der Waals surface area (Å²) in [6.45, 7) is 6.56. The van der Waals surface area contributed by atoms with E-state index in [4.69, 9.17) is 0 Å². The van der Waals surface area contributed by atoms with Crippen LogP contribution >= 0.6 is 0 Å². The Kier molecular flexibility index (Phi) is 9.69. The van der Waals surface area contributed by atoms with E-state index in [0.717, 1.165) is 58.3 Å². The molecule has 2 aromatic rings. The SMILES string of the molecule is CCCN(CCCCCCNCCc1ccc(O)cc1)[C@@H]1CCc2cc(O)c(O)cc2C1. The topological polar surface area (TPSA) is 76.0 Å². The van der Waals surface area contributed by atoms with Crippen molar-refractivity contribution in [1.82, 2.24) is 10.2 Å². The second-order valence-electron chi connectivity index (χ2n) is 9.12. The smallest absolute Gasteiger partial charge is 0.157 e. The molecule has 5 nitrogen and oxygen atoms in total. The molecule has 5 heteroatoms. The van der Waals surface area contributed by atoms with Crippen LogP contribution < -0.4 is 5.32 Å². The molecule has 2 aromatic carbocycles. The van der Waals surface area contributed by atoms with Crippen molar-refractivity contribution in [3.63, 3.8) is 0 Å². The van der Waals surface area contributed by atoms with Crippen molar-refractivity contribution in [2.24, 2.45) is 0 Å². The Balaban J connectivity index is 1.30. The summed E-state index contributed by atoms with van der Waals surface area (Å²) >= 11 is 0. The Labute approximate surface area is 193 Å². The fraction of sp³-hybridized carbons (Fsp3) is 0.556. The number of aryl methyl sites for hydroxylation is 1. The van der Waals surface area contributed by atoms with Gasteiger partial charge in [0, 0.05) is 6.04 Å². The number of rotatable bonds is 13. The number of phenols is 3. The van der Waals surface area contributed by atoms with Gasteiger partial charge in [-0.3, -0.25) is 0 Å². The molecule has 32 heavy (non-hydrogen) atoms. The normalized spacial score (nSPS) is 15.8. The molecule has 3 rings (SSSR count). The highest BCUT2D eigenvalue weighted by Crippen LogP contribution is 2.33. The van der Waals surface area contributed by atoms with Gasteiger partial charge in [0.2, 0.25) is 0 Å². The van der Waals surface area contributed by atoms with E-state index >= 15 is 0 Å². The molecule has 0 fully saturated rings. The lowest BCUT2D eigenvalue weighted by molar-refractivity contribution is 0.176. The summed E-state index contributed by atoms with van der Waals surface area (Å²) in [5.41, 5.74) is 3.63. The number of fused-ring (bicyclic) bond motifs is 1. The minimum absolute atomic E-state index is 0.00228. The standard InChI is InChI=1S/C27H40N2O3/c1-2-16-29(24-10-9-22-19-26(31)27(32)20-23(22)18-24)17-6-4-3-5-14-28-15-13-21-7-11-25(30)12-8-21/h7-8,11-12,19-20,24,28,30-32H,2-6,9-10,13-18H2,1H3/t24-/m1/s1. The van der Waals surface area contributed by atoms with Gasteiger partial charge in [-0.2, -0.15) is 0 Å². The predicted octanol–water partition coefficient (Wildman–Crippen LogP) is 4.77. The van der Waals surface area contributed by atoms with Crippen LogP contribution in [0, 0.1) is 0 Å². The third-order valence-electron chi connectivity index (χ3n) is 6.60. The Morgan fingerprint density at radius 1 is 0.875 bits per heavy atom. The summed E-state index contributed by atoms with van der Waals surface area (Å²) in [6.07, 6.45) is 10.2. The molecule has 176 valence electrons. The molecule has 0 saturated heterocycles. The van der Waals surface area contributed by atoms with Crippen molar-refractivity contribution < 1.29 is 15.3 Å². The van der Waals surface area contributed by atoms with E-state index in [1.54, 1.807) is 24.3 Å². The van der Waals surface area contributed by atoms with Crippen LogP contribution in [0.4, 0.5) is 0 Å². The van der Waals surface area contributed by atoms with Crippen LogP contribution in [-0.2, 0) is 19.3 Å². The van der Waals surface area contributed by atoms with Crippen LogP contribution in [0.1, 0.15) is 62.1 Å². The fourth-order valence-corrected chi connectivity index (χ4v) is 4.78. The number of benzene rings is 2.